The summed E-state index contributed by atoms with van der Waals surface area (Å²) in [6, 6.07) is 48.5. The van der Waals surface area contributed by atoms with Gasteiger partial charge in [-0.1, -0.05) is 117 Å². The van der Waals surface area contributed by atoms with E-state index in [0.29, 0.717) is 5.56 Å². The highest BCUT2D eigenvalue weighted by Crippen LogP contribution is 2.51. The summed E-state index contributed by atoms with van der Waals surface area (Å²) in [5, 5.41) is 16.2. The molecule has 1 aromatic heterocycles. The molecule has 0 amide bonds. The van der Waals surface area contributed by atoms with Gasteiger partial charge >= 0.3 is 0 Å². The highest BCUT2D eigenvalue weighted by molar-refractivity contribution is 7.25. The number of nitrogens with one attached hydrogen (secondary N) is 1. The van der Waals surface area contributed by atoms with E-state index >= 15 is 0 Å². The summed E-state index contributed by atoms with van der Waals surface area (Å²) in [5.74, 6) is 2.50. The standard InChI is InChI=1S/C44H31N3OS/c1-44(2)35-13-7-8-14-39(35)48-42-34(22-27(26-45)23-36(42)44)28-16-18-29(19-17-28)37-25-38(47-43(46-37)30-10-4-3-5-11-30)31-20-21-33-32-12-6-9-15-40(32)49-41(33)24-31/h3-25,38H,1-2H3,(H,46,47). The van der Waals surface area contributed by atoms with Gasteiger partial charge in [0.15, 0.2) is 0 Å². The molecule has 0 saturated carbocycles. The monoisotopic (exact) mass is 649 g/mol. The highest BCUT2D eigenvalue weighted by atomic mass is 32.1. The summed E-state index contributed by atoms with van der Waals surface area (Å²) < 4.78 is 9.14. The number of aliphatic imine (C=N–C) groups is 1. The SMILES string of the molecule is CC1(C)c2ccccc2Oc2c(-c3ccc(C4=CC(c5ccc6c(c5)sc5ccccc56)N=C(c5ccccc5)N4)cc3)cc(C#N)cc21. The second kappa shape index (κ2) is 11.3. The van der Waals surface area contributed by atoms with Crippen molar-refractivity contribution < 1.29 is 4.74 Å². The van der Waals surface area contributed by atoms with E-state index in [0.717, 1.165) is 62.0 Å². The minimum absolute atomic E-state index is 0.157. The van der Waals surface area contributed by atoms with E-state index in [-0.39, 0.29) is 11.5 Å². The van der Waals surface area contributed by atoms with Crippen molar-refractivity contribution in [2.75, 3.05) is 0 Å². The third-order valence-electron chi connectivity index (χ3n) is 9.81. The predicted molar refractivity (Wildman–Crippen MR) is 201 cm³/mol. The van der Waals surface area contributed by atoms with Crippen LogP contribution in [0.25, 0.3) is 37.0 Å². The van der Waals surface area contributed by atoms with E-state index in [1.807, 2.05) is 59.9 Å². The molecule has 49 heavy (non-hydrogen) atoms. The summed E-state index contributed by atoms with van der Waals surface area (Å²) in [5.41, 5.74) is 8.59. The zero-order chi connectivity index (χ0) is 33.1. The molecule has 1 atom stereocenters. The van der Waals surface area contributed by atoms with E-state index in [2.05, 4.69) is 116 Å². The number of hydrogen-bond donors (Lipinski definition) is 1. The molecule has 0 aliphatic carbocycles. The largest absolute Gasteiger partial charge is 0.456 e. The maximum Gasteiger partial charge on any atom is 0.139 e. The van der Waals surface area contributed by atoms with Crippen molar-refractivity contribution >= 4 is 43.0 Å². The third-order valence-corrected chi connectivity index (χ3v) is 10.9. The van der Waals surface area contributed by atoms with Crippen molar-refractivity contribution in [3.05, 3.63) is 173 Å². The molecule has 0 radical (unpaired) electrons. The molecule has 1 N–H and O–H groups in total. The number of amidine groups is 1. The summed E-state index contributed by atoms with van der Waals surface area (Å²) >= 11 is 1.83. The Balaban J connectivity index is 1.12. The van der Waals surface area contributed by atoms with Crippen LogP contribution >= 0.6 is 11.3 Å². The number of thiophene rings is 1. The molecule has 3 heterocycles. The molecule has 0 saturated heterocycles. The van der Waals surface area contributed by atoms with Crippen molar-refractivity contribution in [2.45, 2.75) is 25.3 Å². The van der Waals surface area contributed by atoms with Crippen LogP contribution in [0.1, 0.15) is 53.3 Å². The molecule has 9 rings (SSSR count). The van der Waals surface area contributed by atoms with Gasteiger partial charge in [-0.05, 0) is 53.1 Å². The second-order valence-corrected chi connectivity index (χ2v) is 14.2. The lowest BCUT2D eigenvalue weighted by molar-refractivity contribution is 0.419. The van der Waals surface area contributed by atoms with Gasteiger partial charge in [-0.3, -0.25) is 4.99 Å². The first-order valence-electron chi connectivity index (χ1n) is 16.5. The van der Waals surface area contributed by atoms with Crippen LogP contribution < -0.4 is 10.1 Å². The minimum atomic E-state index is -0.316. The lowest BCUT2D eigenvalue weighted by Gasteiger charge is -2.35. The number of nitriles is 1. The first-order chi connectivity index (χ1) is 24.0. The van der Waals surface area contributed by atoms with Gasteiger partial charge in [-0.2, -0.15) is 5.26 Å². The number of rotatable bonds is 4. The van der Waals surface area contributed by atoms with Gasteiger partial charge in [0.1, 0.15) is 17.3 Å². The number of benzene rings is 6. The van der Waals surface area contributed by atoms with Gasteiger partial charge in [0.05, 0.1) is 17.7 Å². The molecule has 1 unspecified atom stereocenters. The van der Waals surface area contributed by atoms with Crippen molar-refractivity contribution in [1.82, 2.24) is 5.32 Å². The molecule has 2 aliphatic heterocycles. The van der Waals surface area contributed by atoms with Crippen molar-refractivity contribution in [2.24, 2.45) is 4.99 Å². The Morgan fingerprint density at radius 1 is 0.714 bits per heavy atom. The zero-order valence-electron chi connectivity index (χ0n) is 27.1. The Labute approximate surface area is 289 Å². The van der Waals surface area contributed by atoms with Gasteiger partial charge in [-0.15, -0.1) is 11.3 Å². The number of hydrogen-bond acceptors (Lipinski definition) is 5. The summed E-state index contributed by atoms with van der Waals surface area (Å²) in [4.78, 5) is 5.21. The van der Waals surface area contributed by atoms with Crippen LogP contribution in [0.3, 0.4) is 0 Å². The topological polar surface area (TPSA) is 57.4 Å². The minimum Gasteiger partial charge on any atom is -0.456 e. The van der Waals surface area contributed by atoms with E-state index in [9.17, 15) is 5.26 Å². The molecular weight excluding hydrogens is 619 g/mol. The van der Waals surface area contributed by atoms with E-state index in [1.54, 1.807) is 0 Å². The number of fused-ring (bicyclic) bond motifs is 5. The lowest BCUT2D eigenvalue weighted by Crippen LogP contribution is -2.27. The maximum absolute atomic E-state index is 10.0. The van der Waals surface area contributed by atoms with Crippen LogP contribution in [-0.4, -0.2) is 5.84 Å². The molecule has 2 aliphatic rings. The Hall–Kier alpha value is -5.96. The zero-order valence-corrected chi connectivity index (χ0v) is 27.9. The molecule has 234 valence electrons. The number of para-hydroxylation sites is 1. The fourth-order valence-corrected chi connectivity index (χ4v) is 8.34. The van der Waals surface area contributed by atoms with E-state index in [4.69, 9.17) is 9.73 Å². The van der Waals surface area contributed by atoms with Crippen LogP contribution in [0, 0.1) is 11.3 Å². The summed E-state index contributed by atoms with van der Waals surface area (Å²) in [6.45, 7) is 4.40. The molecule has 4 nitrogen and oxygen atoms in total. The van der Waals surface area contributed by atoms with Crippen molar-refractivity contribution in [3.8, 4) is 28.7 Å². The van der Waals surface area contributed by atoms with E-state index in [1.165, 1.54) is 20.2 Å². The van der Waals surface area contributed by atoms with Crippen LogP contribution in [0.2, 0.25) is 0 Å². The molecule has 7 aromatic rings. The van der Waals surface area contributed by atoms with Crippen LogP contribution in [0.4, 0.5) is 0 Å². The lowest BCUT2D eigenvalue weighted by atomic mass is 9.74. The maximum atomic E-state index is 10.0. The average Bonchev–Trinajstić information content (AvgIpc) is 3.53. The van der Waals surface area contributed by atoms with Crippen LogP contribution in [0.5, 0.6) is 11.5 Å². The van der Waals surface area contributed by atoms with Crippen molar-refractivity contribution in [3.63, 3.8) is 0 Å². The Bertz CT molecular complexity index is 2530. The fourth-order valence-electron chi connectivity index (χ4n) is 7.18. The van der Waals surface area contributed by atoms with Gasteiger partial charge in [0.2, 0.25) is 0 Å². The first kappa shape index (κ1) is 29.2. The van der Waals surface area contributed by atoms with Crippen molar-refractivity contribution in [1.29, 1.82) is 5.26 Å². The van der Waals surface area contributed by atoms with Gasteiger partial charge in [0, 0.05) is 53.5 Å². The molecular formula is C44H31N3OS. The average molecular weight is 650 g/mol. The third kappa shape index (κ3) is 4.92. The Morgan fingerprint density at radius 2 is 1.45 bits per heavy atom. The molecule has 0 spiro atoms. The molecule has 5 heteroatoms. The normalized spacial score (nSPS) is 16.1. The van der Waals surface area contributed by atoms with Gasteiger partial charge < -0.3 is 10.1 Å². The number of ether oxygens (including phenoxy) is 1. The highest BCUT2D eigenvalue weighted by Gasteiger charge is 2.36. The van der Waals surface area contributed by atoms with Crippen LogP contribution in [-0.2, 0) is 5.41 Å². The smallest absolute Gasteiger partial charge is 0.139 e. The predicted octanol–water partition coefficient (Wildman–Crippen LogP) is 11.2. The Kier molecular flexibility index (Phi) is 6.75. The van der Waals surface area contributed by atoms with Crippen LogP contribution in [0.15, 0.2) is 145 Å². The molecule has 0 bridgehead atoms. The van der Waals surface area contributed by atoms with Gasteiger partial charge in [0.25, 0.3) is 0 Å². The van der Waals surface area contributed by atoms with Gasteiger partial charge in [-0.25, -0.2) is 0 Å². The molecule has 6 aromatic carbocycles. The second-order valence-electron chi connectivity index (χ2n) is 13.2. The first-order valence-corrected chi connectivity index (χ1v) is 17.3. The summed E-state index contributed by atoms with van der Waals surface area (Å²) in [6.07, 6.45) is 2.22. The Morgan fingerprint density at radius 3 is 2.29 bits per heavy atom. The molecule has 0 fully saturated rings. The summed E-state index contributed by atoms with van der Waals surface area (Å²) in [7, 11) is 0. The fraction of sp³-hybridized carbons (Fsp3) is 0.0909. The van der Waals surface area contributed by atoms with E-state index < -0.39 is 0 Å². The number of nitrogens with zero attached hydrogens (tertiary/aromatic N) is 2. The quantitative estimate of drug-likeness (QED) is 0.206.